The van der Waals surface area contributed by atoms with Crippen LogP contribution >= 0.6 is 11.8 Å². The molecule has 0 fully saturated rings. The van der Waals surface area contributed by atoms with Crippen LogP contribution in [0.25, 0.3) is 11.1 Å². The molecule has 0 saturated carbocycles. The lowest BCUT2D eigenvalue weighted by molar-refractivity contribution is -0.139. The van der Waals surface area contributed by atoms with Gasteiger partial charge in [-0.25, -0.2) is 4.79 Å². The second-order valence-corrected chi connectivity index (χ2v) is 9.19. The average molecular weight is 477 g/mol. The summed E-state index contributed by atoms with van der Waals surface area (Å²) in [6, 6.07) is 21.0. The average Bonchev–Trinajstić information content (AvgIpc) is 2.85. The summed E-state index contributed by atoms with van der Waals surface area (Å²) in [5, 5.41) is 15.8. The van der Waals surface area contributed by atoms with Crippen LogP contribution in [0.2, 0.25) is 0 Å². The number of aliphatic carboxylic acids is 1. The number of anilines is 1. The van der Waals surface area contributed by atoms with Gasteiger partial charge in [-0.05, 0) is 77.8 Å². The van der Waals surface area contributed by atoms with Gasteiger partial charge < -0.3 is 15.7 Å². The monoisotopic (exact) mass is 476 g/mol. The van der Waals surface area contributed by atoms with E-state index < -0.39 is 12.0 Å². The molecule has 0 aliphatic carbocycles. The number of hydrogen-bond acceptors (Lipinski definition) is 4. The van der Waals surface area contributed by atoms with E-state index in [-0.39, 0.29) is 5.91 Å². The molecule has 0 radical (unpaired) electrons. The molecule has 0 bridgehead atoms. The molecule has 1 atom stereocenters. The van der Waals surface area contributed by atoms with Crippen LogP contribution in [0.1, 0.15) is 40.4 Å². The molecule has 0 aliphatic heterocycles. The van der Waals surface area contributed by atoms with Crippen LogP contribution in [0.3, 0.4) is 0 Å². The summed E-state index contributed by atoms with van der Waals surface area (Å²) < 4.78 is 0. The fraction of sp³-hybridized carbons (Fsp3) is 0.286. The predicted molar refractivity (Wildman–Crippen MR) is 142 cm³/mol. The molecule has 5 nitrogen and oxygen atoms in total. The Balaban J connectivity index is 1.92. The van der Waals surface area contributed by atoms with E-state index in [1.165, 1.54) is 5.56 Å². The number of rotatable bonds is 11. The van der Waals surface area contributed by atoms with Gasteiger partial charge in [0.15, 0.2) is 0 Å². The Morgan fingerprint density at radius 2 is 1.74 bits per heavy atom. The molecule has 0 aromatic heterocycles. The number of carbonyl (C=O) groups excluding carboxylic acids is 1. The fourth-order valence-corrected chi connectivity index (χ4v) is 4.40. The number of carbonyl (C=O) groups is 2. The number of benzene rings is 3. The fourth-order valence-electron chi connectivity index (χ4n) is 3.92. The molecule has 34 heavy (non-hydrogen) atoms. The molecule has 3 aromatic carbocycles. The molecule has 178 valence electrons. The van der Waals surface area contributed by atoms with E-state index in [1.807, 2.05) is 61.7 Å². The molecule has 0 heterocycles. The van der Waals surface area contributed by atoms with Crippen molar-refractivity contribution >= 4 is 29.3 Å². The molecule has 0 aliphatic rings. The largest absolute Gasteiger partial charge is 0.480 e. The molecular formula is C28H32N2O3S. The van der Waals surface area contributed by atoms with Crippen LogP contribution in [-0.2, 0) is 17.8 Å². The molecule has 1 amide bonds. The van der Waals surface area contributed by atoms with Crippen LogP contribution in [-0.4, -0.2) is 35.0 Å². The SMILES string of the molecule is CCc1ccccc1NCc1ccc(C(=O)NC(CCSC)C(=O)O)c(-c2ccccc2C)c1. The Kier molecular flexibility index (Phi) is 9.16. The molecule has 3 rings (SSSR count). The molecule has 0 saturated heterocycles. The molecule has 0 spiro atoms. The van der Waals surface area contributed by atoms with Crippen LogP contribution in [0, 0.1) is 6.92 Å². The van der Waals surface area contributed by atoms with E-state index in [4.69, 9.17) is 0 Å². The summed E-state index contributed by atoms with van der Waals surface area (Å²) in [4.78, 5) is 24.9. The summed E-state index contributed by atoms with van der Waals surface area (Å²) in [5.74, 6) is -0.732. The number of carboxylic acid groups (broad SMARTS) is 1. The number of aryl methyl sites for hydroxylation is 2. The molecule has 6 heteroatoms. The minimum absolute atomic E-state index is 0.373. The van der Waals surface area contributed by atoms with Gasteiger partial charge in [0.05, 0.1) is 0 Å². The van der Waals surface area contributed by atoms with E-state index in [2.05, 4.69) is 29.7 Å². The maximum absolute atomic E-state index is 13.2. The van der Waals surface area contributed by atoms with Gasteiger partial charge in [0.25, 0.3) is 5.91 Å². The van der Waals surface area contributed by atoms with Gasteiger partial charge in [-0.3, -0.25) is 4.79 Å². The van der Waals surface area contributed by atoms with Crippen LogP contribution in [0.4, 0.5) is 5.69 Å². The Morgan fingerprint density at radius 3 is 2.44 bits per heavy atom. The summed E-state index contributed by atoms with van der Waals surface area (Å²) in [5.41, 5.74) is 6.67. The Bertz CT molecular complexity index is 1150. The van der Waals surface area contributed by atoms with Crippen molar-refractivity contribution in [2.75, 3.05) is 17.3 Å². The third-order valence-electron chi connectivity index (χ3n) is 5.86. The minimum Gasteiger partial charge on any atom is -0.480 e. The Hall–Kier alpha value is -3.25. The highest BCUT2D eigenvalue weighted by molar-refractivity contribution is 7.98. The normalized spacial score (nSPS) is 11.6. The van der Waals surface area contributed by atoms with Gasteiger partial charge in [-0.2, -0.15) is 11.8 Å². The summed E-state index contributed by atoms with van der Waals surface area (Å²) in [7, 11) is 0. The Morgan fingerprint density at radius 1 is 1.00 bits per heavy atom. The van der Waals surface area contributed by atoms with E-state index >= 15 is 0 Å². The van der Waals surface area contributed by atoms with Crippen LogP contribution in [0.15, 0.2) is 66.7 Å². The zero-order valence-corrected chi connectivity index (χ0v) is 20.7. The number of thioether (sulfide) groups is 1. The first-order valence-electron chi connectivity index (χ1n) is 11.5. The summed E-state index contributed by atoms with van der Waals surface area (Å²) in [6.45, 7) is 4.76. The van der Waals surface area contributed by atoms with Crippen molar-refractivity contribution in [2.24, 2.45) is 0 Å². The van der Waals surface area contributed by atoms with Crippen molar-refractivity contribution in [1.29, 1.82) is 0 Å². The number of para-hydroxylation sites is 1. The second kappa shape index (κ2) is 12.3. The first-order valence-corrected chi connectivity index (χ1v) is 12.9. The van der Waals surface area contributed by atoms with Crippen molar-refractivity contribution in [3.05, 3.63) is 89.0 Å². The first-order chi connectivity index (χ1) is 16.4. The van der Waals surface area contributed by atoms with Gasteiger partial charge >= 0.3 is 5.97 Å². The van der Waals surface area contributed by atoms with Gasteiger partial charge in [0.2, 0.25) is 0 Å². The number of amides is 1. The third kappa shape index (κ3) is 6.41. The Labute approximate surface area is 206 Å². The van der Waals surface area contributed by atoms with Crippen LogP contribution in [0.5, 0.6) is 0 Å². The number of nitrogens with one attached hydrogen (secondary N) is 2. The van der Waals surface area contributed by atoms with Gasteiger partial charge in [0, 0.05) is 17.8 Å². The highest BCUT2D eigenvalue weighted by atomic mass is 32.2. The minimum atomic E-state index is -1.02. The molecule has 3 aromatic rings. The third-order valence-corrected chi connectivity index (χ3v) is 6.50. The van der Waals surface area contributed by atoms with E-state index in [0.717, 1.165) is 34.4 Å². The predicted octanol–water partition coefficient (Wildman–Crippen LogP) is 5.77. The van der Waals surface area contributed by atoms with Crippen molar-refractivity contribution in [1.82, 2.24) is 5.32 Å². The van der Waals surface area contributed by atoms with Gasteiger partial charge in [-0.1, -0.05) is 55.5 Å². The van der Waals surface area contributed by atoms with Crippen molar-refractivity contribution in [3.63, 3.8) is 0 Å². The zero-order valence-electron chi connectivity index (χ0n) is 19.9. The smallest absolute Gasteiger partial charge is 0.326 e. The standard InChI is InChI=1S/C28H32N2O3S/c1-4-21-10-6-8-12-25(21)29-18-20-13-14-23(24(17-20)22-11-7-5-9-19(22)2)27(31)30-26(28(32)33)15-16-34-3/h5-14,17,26,29H,4,15-16,18H2,1-3H3,(H,30,31)(H,32,33). The number of carboxylic acids is 1. The van der Waals surface area contributed by atoms with Crippen molar-refractivity contribution in [2.45, 2.75) is 39.3 Å². The van der Waals surface area contributed by atoms with Crippen molar-refractivity contribution < 1.29 is 14.7 Å². The lowest BCUT2D eigenvalue weighted by atomic mass is 9.93. The van der Waals surface area contributed by atoms with E-state index in [1.54, 1.807) is 17.8 Å². The lowest BCUT2D eigenvalue weighted by Crippen LogP contribution is -2.41. The molecular weight excluding hydrogens is 444 g/mol. The number of hydrogen-bond donors (Lipinski definition) is 3. The molecule has 3 N–H and O–H groups in total. The maximum atomic E-state index is 13.2. The van der Waals surface area contributed by atoms with Gasteiger partial charge in [0.1, 0.15) is 6.04 Å². The topological polar surface area (TPSA) is 78.4 Å². The van der Waals surface area contributed by atoms with E-state index in [9.17, 15) is 14.7 Å². The van der Waals surface area contributed by atoms with Crippen LogP contribution < -0.4 is 10.6 Å². The summed E-state index contributed by atoms with van der Waals surface area (Å²) in [6.07, 6.45) is 3.24. The quantitative estimate of drug-likeness (QED) is 0.327. The highest BCUT2D eigenvalue weighted by Crippen LogP contribution is 2.29. The summed E-state index contributed by atoms with van der Waals surface area (Å²) >= 11 is 1.56. The lowest BCUT2D eigenvalue weighted by Gasteiger charge is -2.18. The maximum Gasteiger partial charge on any atom is 0.326 e. The van der Waals surface area contributed by atoms with Gasteiger partial charge in [-0.15, -0.1) is 0 Å². The second-order valence-electron chi connectivity index (χ2n) is 8.20. The first kappa shape index (κ1) is 25.4. The van der Waals surface area contributed by atoms with E-state index in [0.29, 0.717) is 24.3 Å². The van der Waals surface area contributed by atoms with Crippen molar-refractivity contribution in [3.8, 4) is 11.1 Å². The highest BCUT2D eigenvalue weighted by Gasteiger charge is 2.22. The zero-order chi connectivity index (χ0) is 24.5. The molecule has 1 unspecified atom stereocenters.